The van der Waals surface area contributed by atoms with Crippen LogP contribution in [0.5, 0.6) is 5.75 Å². The lowest BCUT2D eigenvalue weighted by Crippen LogP contribution is -2.54. The van der Waals surface area contributed by atoms with Crippen LogP contribution >= 0.6 is 0 Å². The van der Waals surface area contributed by atoms with E-state index in [2.05, 4.69) is 9.97 Å². The van der Waals surface area contributed by atoms with Gasteiger partial charge in [-0.25, -0.2) is 9.78 Å². The molecule has 0 aliphatic carbocycles. The number of carboxylic acids is 1. The minimum absolute atomic E-state index is 0.0533. The van der Waals surface area contributed by atoms with Crippen LogP contribution in [-0.4, -0.2) is 50.5 Å². The second kappa shape index (κ2) is 6.99. The second-order valence-corrected chi connectivity index (χ2v) is 6.22. The number of carbonyl (C=O) groups is 2. The third-order valence-corrected chi connectivity index (χ3v) is 4.46. The van der Waals surface area contributed by atoms with Gasteiger partial charge >= 0.3 is 5.97 Å². The van der Waals surface area contributed by atoms with Gasteiger partial charge in [-0.3, -0.25) is 9.59 Å². The number of carbonyl (C=O) groups excluding carboxylic acids is 1. The Morgan fingerprint density at radius 3 is 2.46 bits per heavy atom. The number of nitrogens with zero attached hydrogens (tertiary/aromatic N) is 2. The molecular weight excluding hydrogens is 338 g/mol. The molecule has 0 atom stereocenters. The average molecular weight is 357 g/mol. The molecule has 136 valence electrons. The SMILES string of the molecule is Cc1ncc(C(=O)N2CCC(Oc3ccccc3)(C(=O)O)CC2)c(=O)[nH]1. The van der Waals surface area contributed by atoms with E-state index in [9.17, 15) is 19.5 Å². The van der Waals surface area contributed by atoms with Crippen molar-refractivity contribution < 1.29 is 19.4 Å². The van der Waals surface area contributed by atoms with Crippen molar-refractivity contribution in [3.8, 4) is 5.75 Å². The van der Waals surface area contributed by atoms with E-state index in [4.69, 9.17) is 4.74 Å². The number of ether oxygens (including phenoxy) is 1. The fourth-order valence-corrected chi connectivity index (χ4v) is 2.95. The Balaban J connectivity index is 1.74. The molecule has 3 rings (SSSR count). The second-order valence-electron chi connectivity index (χ2n) is 6.22. The molecule has 1 aliphatic rings. The lowest BCUT2D eigenvalue weighted by atomic mass is 9.90. The van der Waals surface area contributed by atoms with Crippen LogP contribution in [0.4, 0.5) is 0 Å². The maximum absolute atomic E-state index is 12.5. The largest absolute Gasteiger partial charge is 0.478 e. The number of aromatic nitrogens is 2. The van der Waals surface area contributed by atoms with Crippen LogP contribution < -0.4 is 10.3 Å². The van der Waals surface area contributed by atoms with Crippen LogP contribution in [0.2, 0.25) is 0 Å². The van der Waals surface area contributed by atoms with E-state index >= 15 is 0 Å². The molecule has 1 aliphatic heterocycles. The molecule has 1 fully saturated rings. The van der Waals surface area contributed by atoms with Gasteiger partial charge in [0.15, 0.2) is 0 Å². The maximum Gasteiger partial charge on any atom is 0.348 e. The first-order valence-corrected chi connectivity index (χ1v) is 8.24. The van der Waals surface area contributed by atoms with Crippen molar-refractivity contribution >= 4 is 11.9 Å². The number of nitrogens with one attached hydrogen (secondary N) is 1. The molecule has 2 aromatic rings. The number of likely N-dealkylation sites (tertiary alicyclic amines) is 1. The number of aliphatic carboxylic acids is 1. The van der Waals surface area contributed by atoms with Crippen LogP contribution in [0.15, 0.2) is 41.3 Å². The molecule has 0 bridgehead atoms. The highest BCUT2D eigenvalue weighted by molar-refractivity contribution is 5.93. The van der Waals surface area contributed by atoms with E-state index in [-0.39, 0.29) is 31.5 Å². The molecule has 0 radical (unpaired) electrons. The van der Waals surface area contributed by atoms with Crippen molar-refractivity contribution in [2.75, 3.05) is 13.1 Å². The predicted molar refractivity (Wildman–Crippen MR) is 92.2 cm³/mol. The van der Waals surface area contributed by atoms with E-state index in [0.29, 0.717) is 11.6 Å². The van der Waals surface area contributed by atoms with Gasteiger partial charge in [-0.05, 0) is 19.1 Å². The molecule has 1 saturated heterocycles. The van der Waals surface area contributed by atoms with Gasteiger partial charge in [0.1, 0.15) is 17.1 Å². The number of hydrogen-bond acceptors (Lipinski definition) is 5. The zero-order chi connectivity index (χ0) is 18.7. The maximum atomic E-state index is 12.5. The molecule has 0 saturated carbocycles. The standard InChI is InChI=1S/C18H19N3O5/c1-12-19-11-14(15(22)20-12)16(23)21-9-7-18(8-10-21,17(24)25)26-13-5-3-2-4-6-13/h2-6,11H,7-10H2,1H3,(H,24,25)(H,19,20,22). The normalized spacial score (nSPS) is 16.1. The number of hydrogen-bond donors (Lipinski definition) is 2. The highest BCUT2D eigenvalue weighted by Crippen LogP contribution is 2.29. The van der Waals surface area contributed by atoms with E-state index in [1.807, 2.05) is 6.07 Å². The molecule has 0 unspecified atom stereocenters. The van der Waals surface area contributed by atoms with E-state index in [1.165, 1.54) is 11.1 Å². The number of aryl methyl sites for hydroxylation is 1. The molecule has 2 heterocycles. The van der Waals surface area contributed by atoms with Crippen LogP contribution in [-0.2, 0) is 4.79 Å². The summed E-state index contributed by atoms with van der Waals surface area (Å²) in [6, 6.07) is 8.73. The minimum atomic E-state index is -1.39. The van der Waals surface area contributed by atoms with Crippen LogP contribution in [0, 0.1) is 6.92 Å². The summed E-state index contributed by atoms with van der Waals surface area (Å²) in [6.07, 6.45) is 1.50. The molecule has 1 aromatic carbocycles. The predicted octanol–water partition coefficient (Wildman–Crippen LogP) is 1.22. The zero-order valence-electron chi connectivity index (χ0n) is 14.3. The summed E-state index contributed by atoms with van der Waals surface area (Å²) in [5, 5.41) is 9.67. The summed E-state index contributed by atoms with van der Waals surface area (Å²) in [7, 11) is 0. The lowest BCUT2D eigenvalue weighted by molar-refractivity contribution is -0.159. The molecular formula is C18H19N3O5. The van der Waals surface area contributed by atoms with Gasteiger partial charge < -0.3 is 19.7 Å². The summed E-state index contributed by atoms with van der Waals surface area (Å²) in [4.78, 5) is 44.2. The molecule has 8 heteroatoms. The first kappa shape index (κ1) is 17.7. The summed E-state index contributed by atoms with van der Waals surface area (Å²) in [6.45, 7) is 1.97. The lowest BCUT2D eigenvalue weighted by Gasteiger charge is -2.38. The van der Waals surface area contributed by atoms with E-state index in [0.717, 1.165) is 0 Å². The highest BCUT2D eigenvalue weighted by atomic mass is 16.5. The van der Waals surface area contributed by atoms with Gasteiger partial charge in [-0.2, -0.15) is 0 Å². The number of piperidine rings is 1. The molecule has 0 spiro atoms. The third-order valence-electron chi connectivity index (χ3n) is 4.46. The molecule has 8 nitrogen and oxygen atoms in total. The zero-order valence-corrected chi connectivity index (χ0v) is 14.3. The van der Waals surface area contributed by atoms with Gasteiger partial charge in [-0.1, -0.05) is 18.2 Å². The van der Waals surface area contributed by atoms with Crippen molar-refractivity contribution in [2.24, 2.45) is 0 Å². The van der Waals surface area contributed by atoms with E-state index < -0.39 is 23.0 Å². The quantitative estimate of drug-likeness (QED) is 0.851. The monoisotopic (exact) mass is 357 g/mol. The van der Waals surface area contributed by atoms with Crippen molar-refractivity contribution in [3.63, 3.8) is 0 Å². The van der Waals surface area contributed by atoms with Crippen molar-refractivity contribution in [1.29, 1.82) is 0 Å². The van der Waals surface area contributed by atoms with Crippen LogP contribution in [0.25, 0.3) is 0 Å². The summed E-state index contributed by atoms with van der Waals surface area (Å²) in [5.41, 5.74) is -1.95. The Morgan fingerprint density at radius 1 is 1.23 bits per heavy atom. The molecule has 1 amide bonds. The topological polar surface area (TPSA) is 113 Å². The third kappa shape index (κ3) is 3.44. The molecule has 26 heavy (non-hydrogen) atoms. The van der Waals surface area contributed by atoms with Gasteiger partial charge in [0, 0.05) is 32.1 Å². The number of carboxylic acid groups (broad SMARTS) is 1. The highest BCUT2D eigenvalue weighted by Gasteiger charge is 2.45. The fourth-order valence-electron chi connectivity index (χ4n) is 2.95. The Labute approximate surface area is 149 Å². The van der Waals surface area contributed by atoms with Gasteiger partial charge in [-0.15, -0.1) is 0 Å². The van der Waals surface area contributed by atoms with Crippen molar-refractivity contribution in [3.05, 3.63) is 58.3 Å². The van der Waals surface area contributed by atoms with Crippen LogP contribution in [0.3, 0.4) is 0 Å². The number of para-hydroxylation sites is 1. The number of benzene rings is 1. The summed E-state index contributed by atoms with van der Waals surface area (Å²) >= 11 is 0. The fraction of sp³-hybridized carbons (Fsp3) is 0.333. The molecule has 1 aromatic heterocycles. The number of amides is 1. The van der Waals surface area contributed by atoms with Gasteiger partial charge in [0.05, 0.1) is 0 Å². The summed E-state index contributed by atoms with van der Waals surface area (Å²) < 4.78 is 5.76. The Morgan fingerprint density at radius 2 is 1.88 bits per heavy atom. The first-order chi connectivity index (χ1) is 12.4. The van der Waals surface area contributed by atoms with Crippen molar-refractivity contribution in [2.45, 2.75) is 25.4 Å². The Kier molecular flexibility index (Phi) is 4.75. The Bertz CT molecular complexity index is 870. The number of H-pyrrole nitrogens is 1. The number of aromatic amines is 1. The van der Waals surface area contributed by atoms with Gasteiger partial charge in [0.2, 0.25) is 5.60 Å². The van der Waals surface area contributed by atoms with Gasteiger partial charge in [0.25, 0.3) is 11.5 Å². The summed E-state index contributed by atoms with van der Waals surface area (Å²) in [5.74, 6) is -0.638. The van der Waals surface area contributed by atoms with Crippen molar-refractivity contribution in [1.82, 2.24) is 14.9 Å². The smallest absolute Gasteiger partial charge is 0.348 e. The molecule has 2 N–H and O–H groups in total. The number of rotatable bonds is 4. The minimum Gasteiger partial charge on any atom is -0.478 e. The first-order valence-electron chi connectivity index (χ1n) is 8.24. The Hall–Kier alpha value is -3.16. The van der Waals surface area contributed by atoms with Crippen LogP contribution in [0.1, 0.15) is 29.0 Å². The van der Waals surface area contributed by atoms with E-state index in [1.54, 1.807) is 31.2 Å². The average Bonchev–Trinajstić information content (AvgIpc) is 2.62.